The third kappa shape index (κ3) is 1.91. The van der Waals surface area contributed by atoms with Crippen LogP contribution in [0.5, 0.6) is 0 Å². The van der Waals surface area contributed by atoms with Gasteiger partial charge in [0, 0.05) is 30.4 Å². The second-order valence-electron chi connectivity index (χ2n) is 4.54. The van der Waals surface area contributed by atoms with Crippen LogP contribution >= 0.6 is 0 Å². The van der Waals surface area contributed by atoms with Crippen molar-refractivity contribution in [1.29, 1.82) is 0 Å². The monoisotopic (exact) mass is 277 g/mol. The van der Waals surface area contributed by atoms with Gasteiger partial charge in [0.2, 0.25) is 0 Å². The summed E-state index contributed by atoms with van der Waals surface area (Å²) in [5, 5.41) is 8.47. The van der Waals surface area contributed by atoms with Crippen LogP contribution in [0.15, 0.2) is 55.1 Å². The summed E-state index contributed by atoms with van der Waals surface area (Å²) < 4.78 is 3.19. The Labute approximate surface area is 119 Å². The fourth-order valence-corrected chi connectivity index (χ4v) is 2.18. The number of pyridine rings is 2. The van der Waals surface area contributed by atoms with E-state index in [4.69, 9.17) is 5.73 Å². The van der Waals surface area contributed by atoms with Gasteiger partial charge in [-0.1, -0.05) is 6.07 Å². The number of fused-ring (bicyclic) bond motifs is 1. The van der Waals surface area contributed by atoms with E-state index in [1.54, 1.807) is 34.0 Å². The third-order valence-corrected chi connectivity index (χ3v) is 3.16. The van der Waals surface area contributed by atoms with Crippen molar-refractivity contribution in [3.63, 3.8) is 0 Å². The summed E-state index contributed by atoms with van der Waals surface area (Å²) in [6.45, 7) is 0. The molecule has 0 saturated carbocycles. The number of hydrogen-bond donors (Lipinski definition) is 1. The highest BCUT2D eigenvalue weighted by atomic mass is 15.4. The Morgan fingerprint density at radius 3 is 2.76 bits per heavy atom. The van der Waals surface area contributed by atoms with E-state index in [9.17, 15) is 0 Å². The maximum atomic E-state index is 6.07. The number of nitrogens with two attached hydrogens (primary N) is 1. The Balaban J connectivity index is 1.90. The first-order valence-electron chi connectivity index (χ1n) is 6.38. The fourth-order valence-electron chi connectivity index (χ4n) is 2.18. The zero-order valence-electron chi connectivity index (χ0n) is 11.0. The first kappa shape index (κ1) is 11.6. The van der Waals surface area contributed by atoms with E-state index >= 15 is 0 Å². The molecule has 102 valence electrons. The van der Waals surface area contributed by atoms with E-state index < -0.39 is 0 Å². The van der Waals surface area contributed by atoms with E-state index in [1.165, 1.54) is 0 Å². The van der Waals surface area contributed by atoms with Crippen molar-refractivity contribution < 1.29 is 0 Å². The quantitative estimate of drug-likeness (QED) is 0.600. The normalized spacial score (nSPS) is 11.0. The van der Waals surface area contributed by atoms with Gasteiger partial charge >= 0.3 is 0 Å². The molecular formula is C14H11N7. The van der Waals surface area contributed by atoms with Gasteiger partial charge < -0.3 is 5.73 Å². The van der Waals surface area contributed by atoms with Crippen LogP contribution in [0.1, 0.15) is 0 Å². The molecule has 4 aromatic rings. The van der Waals surface area contributed by atoms with Gasteiger partial charge in [-0.05, 0) is 29.8 Å². The Morgan fingerprint density at radius 1 is 1.05 bits per heavy atom. The van der Waals surface area contributed by atoms with Gasteiger partial charge in [0.25, 0.3) is 5.95 Å². The SMILES string of the molecule is Nc1cc(-c2cccnc2)cc2nc(-n3cccn3)nn12. The lowest BCUT2D eigenvalue weighted by Gasteiger charge is -2.03. The smallest absolute Gasteiger partial charge is 0.270 e. The second-order valence-corrected chi connectivity index (χ2v) is 4.54. The second kappa shape index (κ2) is 4.41. The number of nitrogens with zero attached hydrogens (tertiary/aromatic N) is 6. The fraction of sp³-hybridized carbons (Fsp3) is 0. The first-order valence-corrected chi connectivity index (χ1v) is 6.38. The van der Waals surface area contributed by atoms with Crippen LogP contribution in [0.25, 0.3) is 22.7 Å². The Kier molecular flexibility index (Phi) is 2.43. The average Bonchev–Trinajstić information content (AvgIpc) is 3.17. The summed E-state index contributed by atoms with van der Waals surface area (Å²) in [6, 6.07) is 9.45. The largest absolute Gasteiger partial charge is 0.384 e. The number of nitrogen functional groups attached to an aromatic ring is 1. The Hall–Kier alpha value is -3.22. The molecule has 4 aromatic heterocycles. The lowest BCUT2D eigenvalue weighted by molar-refractivity contribution is 0.800. The van der Waals surface area contributed by atoms with E-state index in [-0.39, 0.29) is 0 Å². The summed E-state index contributed by atoms with van der Waals surface area (Å²) in [5.74, 6) is 0.993. The van der Waals surface area contributed by atoms with Crippen molar-refractivity contribution in [2.75, 3.05) is 5.73 Å². The maximum Gasteiger partial charge on any atom is 0.270 e. The molecule has 0 unspecified atom stereocenters. The van der Waals surface area contributed by atoms with Gasteiger partial charge in [0.05, 0.1) is 0 Å². The van der Waals surface area contributed by atoms with E-state index in [2.05, 4.69) is 20.2 Å². The predicted molar refractivity (Wildman–Crippen MR) is 77.8 cm³/mol. The molecule has 0 fully saturated rings. The topological polar surface area (TPSA) is 86.9 Å². The zero-order chi connectivity index (χ0) is 14.2. The maximum absolute atomic E-state index is 6.07. The summed E-state index contributed by atoms with van der Waals surface area (Å²) >= 11 is 0. The first-order chi connectivity index (χ1) is 10.3. The van der Waals surface area contributed by atoms with Gasteiger partial charge in [-0.2, -0.15) is 14.6 Å². The van der Waals surface area contributed by atoms with Crippen LogP contribution in [-0.4, -0.2) is 29.4 Å². The van der Waals surface area contributed by atoms with Crippen molar-refractivity contribution in [2.24, 2.45) is 0 Å². The molecule has 0 aromatic carbocycles. The highest BCUT2D eigenvalue weighted by Crippen LogP contribution is 2.22. The summed E-state index contributed by atoms with van der Waals surface area (Å²) in [6.07, 6.45) is 6.98. The minimum Gasteiger partial charge on any atom is -0.384 e. The number of anilines is 1. The van der Waals surface area contributed by atoms with Gasteiger partial charge in [-0.15, -0.1) is 5.10 Å². The molecule has 0 atom stereocenters. The Morgan fingerprint density at radius 2 is 2.00 bits per heavy atom. The summed E-state index contributed by atoms with van der Waals surface area (Å²) in [7, 11) is 0. The van der Waals surface area contributed by atoms with Crippen molar-refractivity contribution in [3.8, 4) is 17.1 Å². The third-order valence-electron chi connectivity index (χ3n) is 3.16. The van der Waals surface area contributed by atoms with Crippen LogP contribution in [-0.2, 0) is 0 Å². The van der Waals surface area contributed by atoms with Gasteiger partial charge in [-0.3, -0.25) is 4.98 Å². The minimum absolute atomic E-state index is 0.482. The average molecular weight is 277 g/mol. The highest BCUT2D eigenvalue weighted by Gasteiger charge is 2.10. The van der Waals surface area contributed by atoms with Gasteiger partial charge in [0.1, 0.15) is 5.82 Å². The molecule has 0 aliphatic rings. The molecule has 21 heavy (non-hydrogen) atoms. The molecule has 0 amide bonds. The molecule has 7 heteroatoms. The highest BCUT2D eigenvalue weighted by molar-refractivity contribution is 5.70. The van der Waals surface area contributed by atoms with Crippen molar-refractivity contribution in [3.05, 3.63) is 55.1 Å². The molecule has 0 bridgehead atoms. The summed E-state index contributed by atoms with van der Waals surface area (Å²) in [4.78, 5) is 8.57. The lowest BCUT2D eigenvalue weighted by Crippen LogP contribution is -2.00. The lowest BCUT2D eigenvalue weighted by atomic mass is 10.1. The van der Waals surface area contributed by atoms with Crippen LogP contribution < -0.4 is 5.73 Å². The molecule has 0 aliphatic carbocycles. The zero-order valence-corrected chi connectivity index (χ0v) is 11.0. The van der Waals surface area contributed by atoms with Crippen molar-refractivity contribution in [2.45, 2.75) is 0 Å². The van der Waals surface area contributed by atoms with Gasteiger partial charge in [-0.25, -0.2) is 4.68 Å². The van der Waals surface area contributed by atoms with Crippen LogP contribution in [0, 0.1) is 0 Å². The van der Waals surface area contributed by atoms with E-state index in [0.717, 1.165) is 11.1 Å². The molecule has 0 saturated heterocycles. The standard InChI is InChI=1S/C14H11N7/c15-12-7-11(10-3-1-4-16-9-10)8-13-18-14(19-21(12)13)20-6-2-5-17-20/h1-9H,15H2. The molecule has 7 nitrogen and oxygen atoms in total. The Bertz CT molecular complexity index is 894. The van der Waals surface area contributed by atoms with Crippen LogP contribution in [0.2, 0.25) is 0 Å². The number of hydrogen-bond acceptors (Lipinski definition) is 5. The van der Waals surface area contributed by atoms with E-state index in [0.29, 0.717) is 17.4 Å². The molecule has 0 spiro atoms. The van der Waals surface area contributed by atoms with Crippen LogP contribution in [0.4, 0.5) is 5.82 Å². The summed E-state index contributed by atoms with van der Waals surface area (Å²) in [5.41, 5.74) is 8.67. The predicted octanol–water partition coefficient (Wildman–Crippen LogP) is 1.56. The van der Waals surface area contributed by atoms with E-state index in [1.807, 2.05) is 30.3 Å². The van der Waals surface area contributed by atoms with Crippen molar-refractivity contribution in [1.82, 2.24) is 29.4 Å². The van der Waals surface area contributed by atoms with Crippen LogP contribution in [0.3, 0.4) is 0 Å². The molecule has 0 radical (unpaired) electrons. The molecular weight excluding hydrogens is 266 g/mol. The minimum atomic E-state index is 0.482. The molecule has 2 N–H and O–H groups in total. The molecule has 0 aliphatic heterocycles. The molecule has 4 rings (SSSR count). The number of aromatic nitrogens is 6. The number of rotatable bonds is 2. The van der Waals surface area contributed by atoms with Crippen molar-refractivity contribution >= 4 is 11.5 Å². The molecule has 4 heterocycles. The van der Waals surface area contributed by atoms with Gasteiger partial charge in [0.15, 0.2) is 5.65 Å².